The summed E-state index contributed by atoms with van der Waals surface area (Å²) in [6.45, 7) is 4.49. The van der Waals surface area contributed by atoms with E-state index in [1.165, 1.54) is 30.6 Å². The van der Waals surface area contributed by atoms with Gasteiger partial charge in [0.25, 0.3) is 0 Å². The molecule has 2 heteroatoms. The van der Waals surface area contributed by atoms with Crippen LogP contribution in [0, 0.1) is 6.92 Å². The minimum absolute atomic E-state index is 0.648. The van der Waals surface area contributed by atoms with Gasteiger partial charge in [-0.25, -0.2) is 0 Å². The van der Waals surface area contributed by atoms with E-state index < -0.39 is 0 Å². The van der Waals surface area contributed by atoms with Crippen LogP contribution in [0.3, 0.4) is 0 Å². The van der Waals surface area contributed by atoms with Gasteiger partial charge < -0.3 is 4.90 Å². The molecule has 0 spiro atoms. The Hall–Kier alpha value is -0.890. The quantitative estimate of drug-likeness (QED) is 0.675. The average molecular weight is 190 g/mol. The highest BCUT2D eigenvalue weighted by molar-refractivity contribution is 5.16. The summed E-state index contributed by atoms with van der Waals surface area (Å²) in [5.74, 6) is 0.648. The van der Waals surface area contributed by atoms with E-state index in [0.29, 0.717) is 5.92 Å². The molecule has 1 aromatic rings. The molecule has 14 heavy (non-hydrogen) atoms. The van der Waals surface area contributed by atoms with Crippen LogP contribution in [0.4, 0.5) is 0 Å². The van der Waals surface area contributed by atoms with Crippen molar-refractivity contribution in [3.63, 3.8) is 0 Å². The topological polar surface area (TPSA) is 16.1 Å². The molecule has 1 aliphatic heterocycles. The first-order valence-electron chi connectivity index (χ1n) is 5.37. The zero-order valence-electron chi connectivity index (χ0n) is 9.03. The van der Waals surface area contributed by atoms with E-state index in [2.05, 4.69) is 36.0 Å². The molecule has 2 nitrogen and oxygen atoms in total. The molecule has 0 saturated carbocycles. The Kier molecular flexibility index (Phi) is 2.82. The monoisotopic (exact) mass is 190 g/mol. The molecule has 0 N–H and O–H groups in total. The van der Waals surface area contributed by atoms with Crippen LogP contribution in [0.15, 0.2) is 18.3 Å². The smallest absolute Gasteiger partial charge is 0.0447 e. The Morgan fingerprint density at radius 2 is 2.29 bits per heavy atom. The average Bonchev–Trinajstić information content (AvgIpc) is 2.19. The standard InChI is InChI=1S/C12H18N2/c1-10-5-6-12(13-8-10)11-4-3-7-14(2)9-11/h5-6,8,11H,3-4,7,9H2,1-2H3/t11-/m1/s1. The second kappa shape index (κ2) is 4.09. The zero-order valence-corrected chi connectivity index (χ0v) is 9.03. The maximum absolute atomic E-state index is 4.51. The largest absolute Gasteiger partial charge is 0.306 e. The number of hydrogen-bond donors (Lipinski definition) is 0. The van der Waals surface area contributed by atoms with E-state index in [1.807, 2.05) is 6.20 Å². The number of likely N-dealkylation sites (tertiary alicyclic amines) is 1. The van der Waals surface area contributed by atoms with Gasteiger partial charge in [0, 0.05) is 24.4 Å². The predicted octanol–water partition coefficient (Wildman–Crippen LogP) is 2.20. The van der Waals surface area contributed by atoms with Gasteiger partial charge in [-0.3, -0.25) is 4.98 Å². The summed E-state index contributed by atoms with van der Waals surface area (Å²) in [6.07, 6.45) is 4.57. The molecule has 0 unspecified atom stereocenters. The van der Waals surface area contributed by atoms with Crippen molar-refractivity contribution in [2.24, 2.45) is 0 Å². The lowest BCUT2D eigenvalue weighted by Gasteiger charge is -2.29. The van der Waals surface area contributed by atoms with Gasteiger partial charge in [-0.15, -0.1) is 0 Å². The molecule has 0 aliphatic carbocycles. The number of hydrogen-bond acceptors (Lipinski definition) is 2. The van der Waals surface area contributed by atoms with Crippen LogP contribution >= 0.6 is 0 Å². The van der Waals surface area contributed by atoms with E-state index >= 15 is 0 Å². The molecule has 0 radical (unpaired) electrons. The highest BCUT2D eigenvalue weighted by Crippen LogP contribution is 2.24. The number of likely N-dealkylation sites (N-methyl/N-ethyl adjacent to an activating group) is 1. The highest BCUT2D eigenvalue weighted by Gasteiger charge is 2.19. The Bertz CT molecular complexity index is 292. The van der Waals surface area contributed by atoms with Crippen LogP contribution in [0.2, 0.25) is 0 Å². The fourth-order valence-corrected chi connectivity index (χ4v) is 2.13. The highest BCUT2D eigenvalue weighted by atomic mass is 15.1. The van der Waals surface area contributed by atoms with Gasteiger partial charge in [0.2, 0.25) is 0 Å². The Labute approximate surface area is 86.0 Å². The van der Waals surface area contributed by atoms with Gasteiger partial charge in [-0.1, -0.05) is 6.07 Å². The molecular formula is C12H18N2. The van der Waals surface area contributed by atoms with E-state index in [4.69, 9.17) is 0 Å². The summed E-state index contributed by atoms with van der Waals surface area (Å²) in [7, 11) is 2.19. The third kappa shape index (κ3) is 2.13. The van der Waals surface area contributed by atoms with Crippen LogP contribution in [0.1, 0.15) is 30.0 Å². The summed E-state index contributed by atoms with van der Waals surface area (Å²) >= 11 is 0. The van der Waals surface area contributed by atoms with E-state index in [0.717, 1.165) is 6.54 Å². The van der Waals surface area contributed by atoms with Crippen LogP contribution < -0.4 is 0 Å². The normalized spacial score (nSPS) is 23.7. The minimum Gasteiger partial charge on any atom is -0.306 e. The molecule has 1 aliphatic rings. The van der Waals surface area contributed by atoms with Gasteiger partial charge in [0.15, 0.2) is 0 Å². The summed E-state index contributed by atoms with van der Waals surface area (Å²) in [6, 6.07) is 4.34. The molecular weight excluding hydrogens is 172 g/mol. The number of rotatable bonds is 1. The van der Waals surface area contributed by atoms with Crippen molar-refractivity contribution in [2.75, 3.05) is 20.1 Å². The Morgan fingerprint density at radius 1 is 1.43 bits per heavy atom. The lowest BCUT2D eigenvalue weighted by Crippen LogP contribution is -2.31. The van der Waals surface area contributed by atoms with Crippen molar-refractivity contribution in [2.45, 2.75) is 25.7 Å². The van der Waals surface area contributed by atoms with Crippen molar-refractivity contribution in [1.29, 1.82) is 0 Å². The van der Waals surface area contributed by atoms with Crippen LogP contribution in [-0.2, 0) is 0 Å². The number of nitrogens with zero attached hydrogens (tertiary/aromatic N) is 2. The molecule has 76 valence electrons. The fourth-order valence-electron chi connectivity index (χ4n) is 2.13. The lowest BCUT2D eigenvalue weighted by atomic mass is 9.94. The number of aryl methyl sites for hydroxylation is 1. The Balaban J connectivity index is 2.10. The van der Waals surface area contributed by atoms with Gasteiger partial charge in [0.1, 0.15) is 0 Å². The summed E-state index contributed by atoms with van der Waals surface area (Å²) in [5, 5.41) is 0. The molecule has 0 amide bonds. The maximum Gasteiger partial charge on any atom is 0.0447 e. The first-order valence-corrected chi connectivity index (χ1v) is 5.37. The van der Waals surface area contributed by atoms with E-state index in [9.17, 15) is 0 Å². The van der Waals surface area contributed by atoms with Crippen molar-refractivity contribution in [1.82, 2.24) is 9.88 Å². The molecule has 2 rings (SSSR count). The van der Waals surface area contributed by atoms with Crippen molar-refractivity contribution in [3.05, 3.63) is 29.6 Å². The van der Waals surface area contributed by atoms with Crippen molar-refractivity contribution in [3.8, 4) is 0 Å². The molecule has 1 aromatic heterocycles. The second-order valence-electron chi connectivity index (χ2n) is 4.36. The summed E-state index contributed by atoms with van der Waals surface area (Å²) < 4.78 is 0. The molecule has 2 heterocycles. The van der Waals surface area contributed by atoms with E-state index in [1.54, 1.807) is 0 Å². The van der Waals surface area contributed by atoms with E-state index in [-0.39, 0.29) is 0 Å². The number of piperidine rings is 1. The van der Waals surface area contributed by atoms with Crippen molar-refractivity contribution >= 4 is 0 Å². The molecule has 1 saturated heterocycles. The van der Waals surface area contributed by atoms with Gasteiger partial charge in [0.05, 0.1) is 0 Å². The first-order chi connectivity index (χ1) is 6.75. The number of pyridine rings is 1. The fraction of sp³-hybridized carbons (Fsp3) is 0.583. The van der Waals surface area contributed by atoms with Crippen LogP contribution in [0.5, 0.6) is 0 Å². The summed E-state index contributed by atoms with van der Waals surface area (Å²) in [5.41, 5.74) is 2.51. The molecule has 0 aromatic carbocycles. The molecule has 1 atom stereocenters. The van der Waals surface area contributed by atoms with Crippen LogP contribution in [0.25, 0.3) is 0 Å². The third-order valence-electron chi connectivity index (χ3n) is 2.98. The lowest BCUT2D eigenvalue weighted by molar-refractivity contribution is 0.248. The third-order valence-corrected chi connectivity index (χ3v) is 2.98. The second-order valence-corrected chi connectivity index (χ2v) is 4.36. The molecule has 0 bridgehead atoms. The minimum atomic E-state index is 0.648. The van der Waals surface area contributed by atoms with Crippen molar-refractivity contribution < 1.29 is 0 Å². The van der Waals surface area contributed by atoms with Gasteiger partial charge in [-0.05, 0) is 45.0 Å². The molecule has 1 fully saturated rings. The van der Waals surface area contributed by atoms with Gasteiger partial charge in [-0.2, -0.15) is 0 Å². The summed E-state index contributed by atoms with van der Waals surface area (Å²) in [4.78, 5) is 6.91. The SMILES string of the molecule is Cc1ccc([C@@H]2CCCN(C)C2)nc1. The Morgan fingerprint density at radius 3 is 2.93 bits per heavy atom. The van der Waals surface area contributed by atoms with Gasteiger partial charge >= 0.3 is 0 Å². The number of aromatic nitrogens is 1. The zero-order chi connectivity index (χ0) is 9.97. The predicted molar refractivity (Wildman–Crippen MR) is 58.4 cm³/mol. The van der Waals surface area contributed by atoms with Crippen LogP contribution in [-0.4, -0.2) is 30.0 Å². The maximum atomic E-state index is 4.51. The first kappa shape index (κ1) is 9.66.